The van der Waals surface area contributed by atoms with Gasteiger partial charge >= 0.3 is 0 Å². The van der Waals surface area contributed by atoms with Gasteiger partial charge in [0.2, 0.25) is 0 Å². The number of amides is 1. The molecule has 2 aromatic rings. The van der Waals surface area contributed by atoms with Crippen LogP contribution in [0.1, 0.15) is 29.4 Å². The summed E-state index contributed by atoms with van der Waals surface area (Å²) in [5.41, 5.74) is 8.19. The summed E-state index contributed by atoms with van der Waals surface area (Å²) in [6, 6.07) is 4.22. The second-order valence-corrected chi connectivity index (χ2v) is 5.74. The van der Waals surface area contributed by atoms with Gasteiger partial charge in [0.15, 0.2) is 0 Å². The van der Waals surface area contributed by atoms with Gasteiger partial charge in [-0.1, -0.05) is 0 Å². The van der Waals surface area contributed by atoms with Crippen LogP contribution < -0.4 is 5.73 Å². The van der Waals surface area contributed by atoms with Gasteiger partial charge in [-0.3, -0.25) is 4.79 Å². The summed E-state index contributed by atoms with van der Waals surface area (Å²) < 4.78 is 1.89. The van der Waals surface area contributed by atoms with Crippen molar-refractivity contribution < 1.29 is 4.79 Å². The molecule has 1 aliphatic rings. The first-order valence-electron chi connectivity index (χ1n) is 7.05. The van der Waals surface area contributed by atoms with Crippen molar-refractivity contribution in [3.8, 4) is 0 Å². The Hall–Kier alpha value is -1.88. The van der Waals surface area contributed by atoms with E-state index in [1.54, 1.807) is 6.20 Å². The van der Waals surface area contributed by atoms with Gasteiger partial charge in [-0.2, -0.15) is 0 Å². The molecule has 106 valence electrons. The Morgan fingerprint density at radius 3 is 3.05 bits per heavy atom. The van der Waals surface area contributed by atoms with E-state index in [0.29, 0.717) is 18.2 Å². The number of aromatic nitrogens is 2. The van der Waals surface area contributed by atoms with E-state index in [4.69, 9.17) is 5.73 Å². The molecule has 5 heteroatoms. The standard InChI is InChI=1S/C15H20N4O/c1-10-3-4-18-9-13(17-14(18)5-10)15(20)19-8-12(7-16)6-11(19)2/h3-5,9,11-12H,6-8,16H2,1-2H3. The van der Waals surface area contributed by atoms with Crippen LogP contribution in [0.3, 0.4) is 0 Å². The first-order chi connectivity index (χ1) is 9.58. The predicted molar refractivity (Wildman–Crippen MR) is 77.6 cm³/mol. The number of likely N-dealkylation sites (tertiary alicyclic amines) is 1. The van der Waals surface area contributed by atoms with Crippen molar-refractivity contribution in [2.75, 3.05) is 13.1 Å². The Morgan fingerprint density at radius 2 is 2.35 bits per heavy atom. The van der Waals surface area contributed by atoms with Crippen LogP contribution in [0.2, 0.25) is 0 Å². The van der Waals surface area contributed by atoms with Crippen molar-refractivity contribution in [3.63, 3.8) is 0 Å². The molecule has 1 fully saturated rings. The fraction of sp³-hybridized carbons (Fsp3) is 0.467. The van der Waals surface area contributed by atoms with Crippen LogP contribution in [0.4, 0.5) is 0 Å². The third-order valence-corrected chi connectivity index (χ3v) is 4.09. The minimum absolute atomic E-state index is 0.00908. The number of fused-ring (bicyclic) bond motifs is 1. The maximum atomic E-state index is 12.6. The molecule has 2 unspecified atom stereocenters. The number of aryl methyl sites for hydroxylation is 1. The van der Waals surface area contributed by atoms with E-state index in [0.717, 1.165) is 24.2 Å². The second kappa shape index (κ2) is 4.90. The van der Waals surface area contributed by atoms with Crippen LogP contribution in [0.25, 0.3) is 5.65 Å². The van der Waals surface area contributed by atoms with E-state index in [-0.39, 0.29) is 11.9 Å². The van der Waals surface area contributed by atoms with Crippen LogP contribution in [-0.4, -0.2) is 39.3 Å². The molecule has 0 bridgehead atoms. The van der Waals surface area contributed by atoms with E-state index >= 15 is 0 Å². The lowest BCUT2D eigenvalue weighted by Gasteiger charge is -2.20. The number of carbonyl (C=O) groups excluding carboxylic acids is 1. The number of pyridine rings is 1. The zero-order chi connectivity index (χ0) is 14.3. The van der Waals surface area contributed by atoms with Crippen LogP contribution in [0, 0.1) is 12.8 Å². The molecule has 0 spiro atoms. The molecule has 20 heavy (non-hydrogen) atoms. The van der Waals surface area contributed by atoms with Gasteiger partial charge in [0.1, 0.15) is 11.3 Å². The highest BCUT2D eigenvalue weighted by atomic mass is 16.2. The molecule has 2 N–H and O–H groups in total. The molecular formula is C15H20N4O. The normalized spacial score (nSPS) is 22.6. The van der Waals surface area contributed by atoms with Crippen molar-refractivity contribution in [3.05, 3.63) is 35.8 Å². The lowest BCUT2D eigenvalue weighted by molar-refractivity contribution is 0.0738. The van der Waals surface area contributed by atoms with E-state index in [2.05, 4.69) is 11.9 Å². The average molecular weight is 272 g/mol. The summed E-state index contributed by atoms with van der Waals surface area (Å²) >= 11 is 0. The molecule has 1 saturated heterocycles. The number of hydrogen-bond acceptors (Lipinski definition) is 3. The number of imidazole rings is 1. The van der Waals surface area contributed by atoms with E-state index < -0.39 is 0 Å². The van der Waals surface area contributed by atoms with Crippen molar-refractivity contribution >= 4 is 11.6 Å². The van der Waals surface area contributed by atoms with E-state index in [1.807, 2.05) is 34.6 Å². The van der Waals surface area contributed by atoms with Gasteiger partial charge in [0.25, 0.3) is 5.91 Å². The molecule has 0 aromatic carbocycles. The molecule has 2 aromatic heterocycles. The van der Waals surface area contributed by atoms with Gasteiger partial charge in [0, 0.05) is 25.0 Å². The van der Waals surface area contributed by atoms with Crippen molar-refractivity contribution in [2.45, 2.75) is 26.3 Å². The van der Waals surface area contributed by atoms with Gasteiger partial charge in [-0.05, 0) is 50.4 Å². The zero-order valence-electron chi connectivity index (χ0n) is 11.9. The van der Waals surface area contributed by atoms with Crippen LogP contribution in [-0.2, 0) is 0 Å². The smallest absolute Gasteiger partial charge is 0.274 e. The first-order valence-corrected chi connectivity index (χ1v) is 7.05. The lowest BCUT2D eigenvalue weighted by Crippen LogP contribution is -2.34. The molecular weight excluding hydrogens is 252 g/mol. The number of nitrogens with zero attached hydrogens (tertiary/aromatic N) is 3. The molecule has 1 amide bonds. The molecule has 0 saturated carbocycles. The van der Waals surface area contributed by atoms with Crippen molar-refractivity contribution in [1.82, 2.24) is 14.3 Å². The van der Waals surface area contributed by atoms with Gasteiger partial charge < -0.3 is 15.0 Å². The van der Waals surface area contributed by atoms with Gasteiger partial charge in [-0.25, -0.2) is 4.98 Å². The molecule has 3 rings (SSSR count). The fourth-order valence-electron chi connectivity index (χ4n) is 2.93. The minimum Gasteiger partial charge on any atom is -0.334 e. The van der Waals surface area contributed by atoms with Crippen molar-refractivity contribution in [2.24, 2.45) is 11.7 Å². The maximum Gasteiger partial charge on any atom is 0.274 e. The number of rotatable bonds is 2. The highest BCUT2D eigenvalue weighted by Crippen LogP contribution is 2.24. The number of carbonyl (C=O) groups is 1. The Labute approximate surface area is 118 Å². The molecule has 5 nitrogen and oxygen atoms in total. The Bertz CT molecular complexity index is 648. The summed E-state index contributed by atoms with van der Waals surface area (Å²) in [7, 11) is 0. The topological polar surface area (TPSA) is 63.6 Å². The third-order valence-electron chi connectivity index (χ3n) is 4.09. The van der Waals surface area contributed by atoms with Crippen LogP contribution in [0.15, 0.2) is 24.5 Å². The average Bonchev–Trinajstić information content (AvgIpc) is 3.00. The Morgan fingerprint density at radius 1 is 1.55 bits per heavy atom. The summed E-state index contributed by atoms with van der Waals surface area (Å²) in [6.45, 7) is 5.47. The van der Waals surface area contributed by atoms with Crippen LogP contribution >= 0.6 is 0 Å². The van der Waals surface area contributed by atoms with E-state index in [1.165, 1.54) is 0 Å². The summed E-state index contributed by atoms with van der Waals surface area (Å²) in [6.07, 6.45) is 4.72. The third kappa shape index (κ3) is 2.18. The minimum atomic E-state index is 0.00908. The molecule has 2 atom stereocenters. The SMILES string of the molecule is Cc1ccn2cc(C(=O)N3CC(CN)CC3C)nc2c1. The Balaban J connectivity index is 1.89. The van der Waals surface area contributed by atoms with E-state index in [9.17, 15) is 4.79 Å². The largest absolute Gasteiger partial charge is 0.334 e. The monoisotopic (exact) mass is 272 g/mol. The first kappa shape index (κ1) is 13.1. The molecule has 0 aliphatic carbocycles. The molecule has 1 aliphatic heterocycles. The van der Waals surface area contributed by atoms with Crippen molar-refractivity contribution in [1.29, 1.82) is 0 Å². The summed E-state index contributed by atoms with van der Waals surface area (Å²) in [5.74, 6) is 0.419. The molecule has 3 heterocycles. The second-order valence-electron chi connectivity index (χ2n) is 5.74. The number of nitrogens with two attached hydrogens (primary N) is 1. The highest BCUT2D eigenvalue weighted by Gasteiger charge is 2.33. The van der Waals surface area contributed by atoms with Gasteiger partial charge in [0.05, 0.1) is 0 Å². The lowest BCUT2D eigenvalue weighted by atomic mass is 10.1. The summed E-state index contributed by atoms with van der Waals surface area (Å²) in [5, 5.41) is 0. The quantitative estimate of drug-likeness (QED) is 0.900. The zero-order valence-corrected chi connectivity index (χ0v) is 11.9. The maximum absolute atomic E-state index is 12.6. The fourth-order valence-corrected chi connectivity index (χ4v) is 2.93. The van der Waals surface area contributed by atoms with Gasteiger partial charge in [-0.15, -0.1) is 0 Å². The highest BCUT2D eigenvalue weighted by molar-refractivity contribution is 5.93. The predicted octanol–water partition coefficient (Wildman–Crippen LogP) is 1.45. The number of hydrogen-bond donors (Lipinski definition) is 1. The summed E-state index contributed by atoms with van der Waals surface area (Å²) in [4.78, 5) is 18.9. The Kier molecular flexibility index (Phi) is 3.22. The molecule has 0 radical (unpaired) electrons. The van der Waals surface area contributed by atoms with Crippen LogP contribution in [0.5, 0.6) is 0 Å².